The summed E-state index contributed by atoms with van der Waals surface area (Å²) in [5.41, 5.74) is 1.77. The molecule has 1 unspecified atom stereocenters. The zero-order chi connectivity index (χ0) is 18.2. The van der Waals surface area contributed by atoms with E-state index in [0.717, 1.165) is 10.5 Å². The number of carboxylic acids is 1. The van der Waals surface area contributed by atoms with E-state index in [1.54, 1.807) is 24.3 Å². The molecular formula is C19H18N2O4. The fourth-order valence-electron chi connectivity index (χ4n) is 2.35. The van der Waals surface area contributed by atoms with Gasteiger partial charge in [0.25, 0.3) is 0 Å². The molecule has 2 rings (SSSR count). The van der Waals surface area contributed by atoms with Crippen LogP contribution in [0.5, 0.6) is 0 Å². The van der Waals surface area contributed by atoms with Crippen molar-refractivity contribution in [3.8, 4) is 6.07 Å². The number of hydrogen-bond donors (Lipinski definition) is 1. The van der Waals surface area contributed by atoms with Gasteiger partial charge in [0.1, 0.15) is 12.6 Å². The van der Waals surface area contributed by atoms with Crippen LogP contribution >= 0.6 is 0 Å². The van der Waals surface area contributed by atoms with E-state index in [2.05, 4.69) is 0 Å². The van der Waals surface area contributed by atoms with Crippen LogP contribution in [-0.4, -0.2) is 35.2 Å². The molecule has 0 saturated carbocycles. The number of likely N-dealkylation sites (N-methyl/N-ethyl adjacent to an activating group) is 1. The lowest BCUT2D eigenvalue weighted by Crippen LogP contribution is -2.44. The molecule has 6 heteroatoms. The Labute approximate surface area is 145 Å². The minimum absolute atomic E-state index is 0.0238. The Balaban J connectivity index is 2.07. The van der Waals surface area contributed by atoms with E-state index < -0.39 is 18.1 Å². The number of ether oxygens (including phenoxy) is 1. The number of aliphatic carboxylic acids is 1. The first-order valence-corrected chi connectivity index (χ1v) is 7.67. The zero-order valence-corrected chi connectivity index (χ0v) is 13.8. The summed E-state index contributed by atoms with van der Waals surface area (Å²) in [5.74, 6) is -1.16. The van der Waals surface area contributed by atoms with E-state index in [-0.39, 0.29) is 13.0 Å². The van der Waals surface area contributed by atoms with E-state index in [4.69, 9.17) is 10.00 Å². The molecule has 128 valence electrons. The third-order valence-corrected chi connectivity index (χ3v) is 3.80. The van der Waals surface area contributed by atoms with Crippen LogP contribution in [0.25, 0.3) is 0 Å². The Kier molecular flexibility index (Phi) is 6.13. The first-order valence-electron chi connectivity index (χ1n) is 7.67. The molecule has 1 amide bonds. The Morgan fingerprint density at radius 3 is 2.44 bits per heavy atom. The highest BCUT2D eigenvalue weighted by Crippen LogP contribution is 2.14. The minimum atomic E-state index is -1.16. The van der Waals surface area contributed by atoms with Crippen molar-refractivity contribution in [3.63, 3.8) is 0 Å². The van der Waals surface area contributed by atoms with Gasteiger partial charge in [0, 0.05) is 13.5 Å². The second kappa shape index (κ2) is 8.50. The molecule has 2 aromatic carbocycles. The van der Waals surface area contributed by atoms with E-state index in [9.17, 15) is 14.7 Å². The number of hydrogen-bond acceptors (Lipinski definition) is 4. The van der Waals surface area contributed by atoms with Crippen molar-refractivity contribution in [2.45, 2.75) is 19.1 Å². The summed E-state index contributed by atoms with van der Waals surface area (Å²) in [5, 5.41) is 18.6. The lowest BCUT2D eigenvalue weighted by atomic mass is 10.0. The molecule has 0 heterocycles. The maximum Gasteiger partial charge on any atom is 0.410 e. The molecule has 0 radical (unpaired) electrons. The standard InChI is InChI=1S/C19H18N2O4/c1-21(19(24)25-13-14-7-3-2-4-8-14)17(18(22)23)11-15-9-5-6-10-16(15)12-20/h2-10,17H,11,13H2,1H3,(H,22,23). The minimum Gasteiger partial charge on any atom is -0.480 e. The van der Waals surface area contributed by atoms with Crippen molar-refractivity contribution in [1.82, 2.24) is 4.90 Å². The van der Waals surface area contributed by atoms with Gasteiger partial charge in [-0.15, -0.1) is 0 Å². The maximum absolute atomic E-state index is 12.2. The van der Waals surface area contributed by atoms with Crippen molar-refractivity contribution < 1.29 is 19.4 Å². The van der Waals surface area contributed by atoms with Gasteiger partial charge in [0.05, 0.1) is 11.6 Å². The maximum atomic E-state index is 12.2. The first kappa shape index (κ1) is 18.0. The SMILES string of the molecule is CN(C(=O)OCc1ccccc1)C(Cc1ccccc1C#N)C(=O)O. The molecule has 6 nitrogen and oxygen atoms in total. The average Bonchev–Trinajstić information content (AvgIpc) is 2.64. The molecule has 0 aromatic heterocycles. The summed E-state index contributed by atoms with van der Waals surface area (Å²) in [4.78, 5) is 24.8. The van der Waals surface area contributed by atoms with E-state index >= 15 is 0 Å². The molecule has 1 N–H and O–H groups in total. The second-order valence-corrected chi connectivity index (χ2v) is 5.48. The Bertz CT molecular complexity index is 784. The summed E-state index contributed by atoms with van der Waals surface area (Å²) in [6.45, 7) is 0.0606. The van der Waals surface area contributed by atoms with Gasteiger partial charge in [-0.1, -0.05) is 48.5 Å². The number of benzene rings is 2. The Hall–Kier alpha value is -3.33. The number of nitriles is 1. The van der Waals surface area contributed by atoms with Gasteiger partial charge in [-0.3, -0.25) is 4.90 Å². The van der Waals surface area contributed by atoms with Gasteiger partial charge in [-0.2, -0.15) is 5.26 Å². The molecule has 0 saturated heterocycles. The molecule has 2 aromatic rings. The van der Waals surface area contributed by atoms with Gasteiger partial charge >= 0.3 is 12.1 Å². The summed E-state index contributed by atoms with van der Waals surface area (Å²) in [6.07, 6.45) is -0.707. The highest BCUT2D eigenvalue weighted by molar-refractivity contribution is 5.80. The number of rotatable bonds is 6. The van der Waals surface area contributed by atoms with Crippen molar-refractivity contribution in [2.24, 2.45) is 0 Å². The smallest absolute Gasteiger partial charge is 0.410 e. The topological polar surface area (TPSA) is 90.6 Å². The fourth-order valence-corrected chi connectivity index (χ4v) is 2.35. The van der Waals surface area contributed by atoms with E-state index in [1.807, 2.05) is 36.4 Å². The third kappa shape index (κ3) is 4.82. The lowest BCUT2D eigenvalue weighted by Gasteiger charge is -2.24. The fraction of sp³-hybridized carbons (Fsp3) is 0.211. The first-order chi connectivity index (χ1) is 12.0. The van der Waals surface area contributed by atoms with E-state index in [1.165, 1.54) is 7.05 Å². The number of carboxylic acid groups (broad SMARTS) is 1. The van der Waals surface area contributed by atoms with Crippen molar-refractivity contribution in [3.05, 3.63) is 71.3 Å². The number of nitrogens with zero attached hydrogens (tertiary/aromatic N) is 2. The summed E-state index contributed by atoms with van der Waals surface area (Å²) < 4.78 is 5.17. The third-order valence-electron chi connectivity index (χ3n) is 3.80. The molecular weight excluding hydrogens is 320 g/mol. The normalized spacial score (nSPS) is 11.2. The monoisotopic (exact) mass is 338 g/mol. The summed E-state index contributed by atoms with van der Waals surface area (Å²) >= 11 is 0. The molecule has 25 heavy (non-hydrogen) atoms. The van der Waals surface area contributed by atoms with Crippen LogP contribution in [-0.2, 0) is 22.6 Å². The number of carbonyl (C=O) groups is 2. The molecule has 0 bridgehead atoms. The predicted octanol–water partition coefficient (Wildman–Crippen LogP) is 2.82. The quantitative estimate of drug-likeness (QED) is 0.874. The van der Waals surface area contributed by atoms with Crippen LogP contribution in [0, 0.1) is 11.3 Å². The van der Waals surface area contributed by atoms with Crippen LogP contribution in [0.1, 0.15) is 16.7 Å². The lowest BCUT2D eigenvalue weighted by molar-refractivity contribution is -0.142. The average molecular weight is 338 g/mol. The molecule has 0 spiro atoms. The van der Waals surface area contributed by atoms with Crippen molar-refractivity contribution in [1.29, 1.82) is 5.26 Å². The van der Waals surface area contributed by atoms with Crippen molar-refractivity contribution in [2.75, 3.05) is 7.05 Å². The van der Waals surface area contributed by atoms with Crippen LogP contribution in [0.3, 0.4) is 0 Å². The van der Waals surface area contributed by atoms with Crippen molar-refractivity contribution >= 4 is 12.1 Å². The van der Waals surface area contributed by atoms with Gasteiger partial charge in [-0.25, -0.2) is 9.59 Å². The highest BCUT2D eigenvalue weighted by Gasteiger charge is 2.28. The largest absolute Gasteiger partial charge is 0.480 e. The summed E-state index contributed by atoms with van der Waals surface area (Å²) in [6, 6.07) is 16.7. The van der Waals surface area contributed by atoms with Crippen LogP contribution in [0.2, 0.25) is 0 Å². The predicted molar refractivity (Wildman–Crippen MR) is 90.7 cm³/mol. The molecule has 1 atom stereocenters. The Morgan fingerprint density at radius 1 is 1.16 bits per heavy atom. The molecule has 0 fully saturated rings. The van der Waals surface area contributed by atoms with Gasteiger partial charge < -0.3 is 9.84 Å². The highest BCUT2D eigenvalue weighted by atomic mass is 16.6. The van der Waals surface area contributed by atoms with Gasteiger partial charge in [0.2, 0.25) is 0 Å². The van der Waals surface area contributed by atoms with Gasteiger partial charge in [-0.05, 0) is 17.2 Å². The van der Waals surface area contributed by atoms with Gasteiger partial charge in [0.15, 0.2) is 0 Å². The van der Waals surface area contributed by atoms with Crippen LogP contribution in [0.4, 0.5) is 4.79 Å². The van der Waals surface area contributed by atoms with Crippen LogP contribution in [0.15, 0.2) is 54.6 Å². The van der Waals surface area contributed by atoms with Crippen LogP contribution < -0.4 is 0 Å². The number of amides is 1. The van der Waals surface area contributed by atoms with E-state index in [0.29, 0.717) is 11.1 Å². The second-order valence-electron chi connectivity index (χ2n) is 5.48. The number of carbonyl (C=O) groups excluding carboxylic acids is 1. The molecule has 0 aliphatic heterocycles. The molecule has 0 aliphatic carbocycles. The Morgan fingerprint density at radius 2 is 1.80 bits per heavy atom. The zero-order valence-electron chi connectivity index (χ0n) is 13.8. The molecule has 0 aliphatic rings. The summed E-state index contributed by atoms with van der Waals surface area (Å²) in [7, 11) is 1.38.